The molecule has 0 atom stereocenters. The zero-order valence-corrected chi connectivity index (χ0v) is 17.1. The molecule has 31 heavy (non-hydrogen) atoms. The average Bonchev–Trinajstić information content (AvgIpc) is 3.05. The smallest absolute Gasteiger partial charge is 0.351 e. The van der Waals surface area contributed by atoms with E-state index in [0.29, 0.717) is 11.4 Å². The molecule has 1 aliphatic heterocycles. The van der Waals surface area contributed by atoms with E-state index in [0.717, 1.165) is 10.0 Å². The van der Waals surface area contributed by atoms with Gasteiger partial charge in [-0.2, -0.15) is 0 Å². The van der Waals surface area contributed by atoms with Gasteiger partial charge < -0.3 is 14.6 Å². The summed E-state index contributed by atoms with van der Waals surface area (Å²) < 4.78 is 9.67. The van der Waals surface area contributed by atoms with Crippen LogP contribution in [-0.2, 0) is 28.7 Å². The third kappa shape index (κ3) is 3.75. The van der Waals surface area contributed by atoms with E-state index in [4.69, 9.17) is 9.47 Å². The van der Waals surface area contributed by atoms with Crippen LogP contribution in [0.1, 0.15) is 13.8 Å². The Morgan fingerprint density at radius 1 is 0.806 bits per heavy atom. The Balaban J connectivity index is 2.18. The molecular formula is C22H22N2O7. The van der Waals surface area contributed by atoms with E-state index in [9.17, 15) is 24.3 Å². The number of nitrogens with zero attached hydrogens (tertiary/aromatic N) is 2. The lowest BCUT2D eigenvalue weighted by Gasteiger charge is -2.27. The summed E-state index contributed by atoms with van der Waals surface area (Å²) in [5.41, 5.74) is -2.53. The second-order valence-electron chi connectivity index (χ2n) is 6.61. The highest BCUT2D eigenvalue weighted by molar-refractivity contribution is 6.28. The normalized spacial score (nSPS) is 14.7. The van der Waals surface area contributed by atoms with Crippen LogP contribution in [0.2, 0.25) is 0 Å². The number of anilines is 2. The molecule has 1 aliphatic rings. The van der Waals surface area contributed by atoms with Crippen molar-refractivity contribution < 1.29 is 33.8 Å². The van der Waals surface area contributed by atoms with Crippen LogP contribution in [0.3, 0.4) is 0 Å². The molecule has 2 aromatic carbocycles. The Morgan fingerprint density at radius 2 is 1.16 bits per heavy atom. The fourth-order valence-corrected chi connectivity index (χ4v) is 3.33. The monoisotopic (exact) mass is 426 g/mol. The summed E-state index contributed by atoms with van der Waals surface area (Å²) in [6, 6.07) is 16.4. The Labute approximate surface area is 178 Å². The zero-order chi connectivity index (χ0) is 22.6. The first-order valence-electron chi connectivity index (χ1n) is 9.72. The Morgan fingerprint density at radius 3 is 1.48 bits per heavy atom. The van der Waals surface area contributed by atoms with Gasteiger partial charge in [-0.05, 0) is 38.1 Å². The van der Waals surface area contributed by atoms with Gasteiger partial charge >= 0.3 is 11.9 Å². The SMILES string of the molecule is CCOC(=O)C(O)(C(=O)OCC)C1C(=O)N(c2ccccc2)N(c2ccccc2)C1=O. The van der Waals surface area contributed by atoms with E-state index in [1.807, 2.05) is 0 Å². The second kappa shape index (κ2) is 8.97. The molecule has 0 unspecified atom stereocenters. The van der Waals surface area contributed by atoms with Crippen molar-refractivity contribution in [1.82, 2.24) is 0 Å². The summed E-state index contributed by atoms with van der Waals surface area (Å²) >= 11 is 0. The van der Waals surface area contributed by atoms with Gasteiger partial charge in [0.05, 0.1) is 24.6 Å². The van der Waals surface area contributed by atoms with Crippen LogP contribution in [0.5, 0.6) is 0 Å². The van der Waals surface area contributed by atoms with Crippen LogP contribution in [0, 0.1) is 5.92 Å². The Hall–Kier alpha value is -3.72. The number of amides is 2. The minimum atomic E-state index is -3.14. The van der Waals surface area contributed by atoms with E-state index in [1.54, 1.807) is 60.7 Å². The van der Waals surface area contributed by atoms with Crippen molar-refractivity contribution in [2.45, 2.75) is 19.4 Å². The molecule has 2 amide bonds. The van der Waals surface area contributed by atoms with Crippen LogP contribution >= 0.6 is 0 Å². The molecule has 1 N–H and O–H groups in total. The molecule has 1 fully saturated rings. The summed E-state index contributed by atoms with van der Waals surface area (Å²) in [7, 11) is 0. The van der Waals surface area contributed by atoms with Crippen molar-refractivity contribution in [3.63, 3.8) is 0 Å². The zero-order valence-electron chi connectivity index (χ0n) is 17.1. The van der Waals surface area contributed by atoms with E-state index >= 15 is 0 Å². The molecule has 9 nitrogen and oxygen atoms in total. The lowest BCUT2D eigenvalue weighted by molar-refractivity contribution is -0.191. The first-order valence-corrected chi connectivity index (χ1v) is 9.72. The van der Waals surface area contributed by atoms with E-state index in [2.05, 4.69) is 0 Å². The van der Waals surface area contributed by atoms with Gasteiger partial charge in [-0.1, -0.05) is 36.4 Å². The topological polar surface area (TPSA) is 113 Å². The van der Waals surface area contributed by atoms with Crippen LogP contribution < -0.4 is 10.0 Å². The number of esters is 2. The largest absolute Gasteiger partial charge is 0.463 e. The molecule has 1 heterocycles. The number of hydrogen-bond donors (Lipinski definition) is 1. The van der Waals surface area contributed by atoms with Gasteiger partial charge in [0.2, 0.25) is 0 Å². The molecule has 9 heteroatoms. The quantitative estimate of drug-likeness (QED) is 0.527. The number of rotatable bonds is 7. The summed E-state index contributed by atoms with van der Waals surface area (Å²) in [5, 5.41) is 13.2. The van der Waals surface area contributed by atoms with Gasteiger partial charge in [0.15, 0.2) is 5.92 Å². The summed E-state index contributed by atoms with van der Waals surface area (Å²) in [6.45, 7) is 2.57. The highest BCUT2D eigenvalue weighted by Gasteiger charge is 2.66. The molecule has 1 saturated heterocycles. The Bertz CT molecular complexity index is 902. The predicted molar refractivity (Wildman–Crippen MR) is 110 cm³/mol. The number of carbonyl (C=O) groups excluding carboxylic acids is 4. The maximum atomic E-state index is 13.5. The minimum absolute atomic E-state index is 0.180. The van der Waals surface area contributed by atoms with Gasteiger partial charge in [0, 0.05) is 0 Å². The highest BCUT2D eigenvalue weighted by Crippen LogP contribution is 2.37. The number of para-hydroxylation sites is 2. The first-order chi connectivity index (χ1) is 14.9. The van der Waals surface area contributed by atoms with Crippen LogP contribution in [0.25, 0.3) is 0 Å². The number of ether oxygens (including phenoxy) is 2. The summed E-state index contributed by atoms with van der Waals surface area (Å²) in [4.78, 5) is 52.2. The molecule has 0 aromatic heterocycles. The van der Waals surface area contributed by atoms with Crippen molar-refractivity contribution in [1.29, 1.82) is 0 Å². The maximum absolute atomic E-state index is 13.5. The number of hydrazine groups is 1. The molecule has 0 saturated carbocycles. The lowest BCUT2D eigenvalue weighted by Crippen LogP contribution is -2.58. The Kier molecular flexibility index (Phi) is 6.36. The third-order valence-corrected chi connectivity index (χ3v) is 4.70. The molecule has 0 radical (unpaired) electrons. The molecule has 0 bridgehead atoms. The van der Waals surface area contributed by atoms with Crippen LogP contribution in [-0.4, -0.2) is 47.7 Å². The van der Waals surface area contributed by atoms with Crippen molar-refractivity contribution in [3.8, 4) is 0 Å². The third-order valence-electron chi connectivity index (χ3n) is 4.70. The molecule has 162 valence electrons. The summed E-state index contributed by atoms with van der Waals surface area (Å²) in [5.74, 6) is -6.88. The molecular weight excluding hydrogens is 404 g/mol. The van der Waals surface area contributed by atoms with E-state index in [1.165, 1.54) is 13.8 Å². The van der Waals surface area contributed by atoms with Crippen molar-refractivity contribution in [2.24, 2.45) is 5.92 Å². The standard InChI is InChI=1S/C22H22N2O7/c1-3-30-20(27)22(29,21(28)31-4-2)17-18(25)23(15-11-7-5-8-12-15)24(19(17)26)16-13-9-6-10-14-16/h5-14,17,29H,3-4H2,1-2H3. The molecule has 0 spiro atoms. The van der Waals surface area contributed by atoms with Gasteiger partial charge in [-0.3, -0.25) is 9.59 Å². The van der Waals surface area contributed by atoms with Gasteiger partial charge in [-0.15, -0.1) is 0 Å². The van der Waals surface area contributed by atoms with Crippen LogP contribution in [0.4, 0.5) is 11.4 Å². The average molecular weight is 426 g/mol. The fourth-order valence-electron chi connectivity index (χ4n) is 3.33. The van der Waals surface area contributed by atoms with E-state index < -0.39 is 35.3 Å². The fraction of sp³-hybridized carbons (Fsp3) is 0.273. The maximum Gasteiger partial charge on any atom is 0.351 e. The van der Waals surface area contributed by atoms with Crippen molar-refractivity contribution in [3.05, 3.63) is 60.7 Å². The number of aliphatic hydroxyl groups is 1. The van der Waals surface area contributed by atoms with E-state index in [-0.39, 0.29) is 13.2 Å². The molecule has 2 aromatic rings. The first kappa shape index (κ1) is 22.0. The van der Waals surface area contributed by atoms with Gasteiger partial charge in [0.1, 0.15) is 0 Å². The molecule has 3 rings (SSSR count). The number of benzene rings is 2. The van der Waals surface area contributed by atoms with Crippen LogP contribution in [0.15, 0.2) is 60.7 Å². The second-order valence-corrected chi connectivity index (χ2v) is 6.61. The minimum Gasteiger partial charge on any atom is -0.463 e. The summed E-state index contributed by atoms with van der Waals surface area (Å²) in [6.07, 6.45) is 0. The molecule has 0 aliphatic carbocycles. The van der Waals surface area contributed by atoms with Gasteiger partial charge in [-0.25, -0.2) is 19.6 Å². The highest BCUT2D eigenvalue weighted by atomic mass is 16.6. The van der Waals surface area contributed by atoms with Crippen molar-refractivity contribution >= 4 is 35.1 Å². The van der Waals surface area contributed by atoms with Gasteiger partial charge in [0.25, 0.3) is 17.4 Å². The predicted octanol–water partition coefficient (Wildman–Crippen LogP) is 1.45. The number of hydrogen-bond acceptors (Lipinski definition) is 7. The number of carbonyl (C=O) groups is 4. The van der Waals surface area contributed by atoms with Crippen molar-refractivity contribution in [2.75, 3.05) is 23.2 Å². The lowest BCUT2D eigenvalue weighted by atomic mass is 9.86.